The summed E-state index contributed by atoms with van der Waals surface area (Å²) in [6.45, 7) is 3.43. The maximum Gasteiger partial charge on any atom is 0.343 e. The summed E-state index contributed by atoms with van der Waals surface area (Å²) in [5.74, 6) is -2.01. The Morgan fingerprint density at radius 1 is 1.30 bits per heavy atom. The van der Waals surface area contributed by atoms with Gasteiger partial charge in [0.1, 0.15) is 11.4 Å². The largest absolute Gasteiger partial charge is 0.462 e. The normalized spacial score (nSPS) is 17.3. The summed E-state index contributed by atoms with van der Waals surface area (Å²) >= 11 is 0.934. The fourth-order valence-electron chi connectivity index (χ4n) is 2.86. The molecule has 1 aliphatic heterocycles. The first kappa shape index (κ1) is 23.9. The summed E-state index contributed by atoms with van der Waals surface area (Å²) in [7, 11) is -3.13. The van der Waals surface area contributed by atoms with Crippen LogP contribution in [0.2, 0.25) is 0 Å². The summed E-state index contributed by atoms with van der Waals surface area (Å²) in [4.78, 5) is 45.2. The van der Waals surface area contributed by atoms with Crippen molar-refractivity contribution in [1.82, 2.24) is 14.9 Å². The van der Waals surface area contributed by atoms with E-state index in [9.17, 15) is 22.8 Å². The van der Waals surface area contributed by atoms with Crippen LogP contribution in [0.15, 0.2) is 11.4 Å². The average Bonchev–Trinajstić information content (AvgIpc) is 3.04. The van der Waals surface area contributed by atoms with Crippen molar-refractivity contribution in [3.05, 3.63) is 11.8 Å². The lowest BCUT2D eigenvalue weighted by Crippen LogP contribution is -2.43. The van der Waals surface area contributed by atoms with Crippen LogP contribution in [0.5, 0.6) is 0 Å². The van der Waals surface area contributed by atoms with Crippen molar-refractivity contribution in [3.63, 3.8) is 0 Å². The second-order valence-corrected chi connectivity index (χ2v) is 9.53. The minimum Gasteiger partial charge on any atom is -0.462 e. The molecule has 1 aliphatic rings. The number of nitrogen functional groups attached to an aromatic ring is 1. The molecular formula is C17H24N4O7S2. The maximum atomic E-state index is 12.3. The van der Waals surface area contributed by atoms with Crippen LogP contribution in [0, 0.1) is 0 Å². The number of ether oxygens (including phenoxy) is 2. The van der Waals surface area contributed by atoms with Gasteiger partial charge < -0.3 is 20.1 Å². The fourth-order valence-corrected chi connectivity index (χ4v) is 5.21. The van der Waals surface area contributed by atoms with Gasteiger partial charge in [0.25, 0.3) is 5.91 Å². The molecule has 0 saturated carbocycles. The highest BCUT2D eigenvalue weighted by atomic mass is 32.2. The highest BCUT2D eigenvalue weighted by Gasteiger charge is 2.34. The van der Waals surface area contributed by atoms with E-state index in [0.717, 1.165) is 11.8 Å². The van der Waals surface area contributed by atoms with Crippen LogP contribution in [0.25, 0.3) is 0 Å². The van der Waals surface area contributed by atoms with Gasteiger partial charge in [-0.1, -0.05) is 11.8 Å². The minimum atomic E-state index is -3.13. The predicted octanol–water partition coefficient (Wildman–Crippen LogP) is -0.0936. The van der Waals surface area contributed by atoms with Gasteiger partial charge in [0, 0.05) is 18.8 Å². The Balaban J connectivity index is 1.82. The van der Waals surface area contributed by atoms with Crippen molar-refractivity contribution in [2.75, 3.05) is 42.8 Å². The van der Waals surface area contributed by atoms with Gasteiger partial charge in [-0.15, -0.1) is 0 Å². The van der Waals surface area contributed by atoms with Crippen molar-refractivity contribution in [2.24, 2.45) is 0 Å². The van der Waals surface area contributed by atoms with E-state index < -0.39 is 40.3 Å². The Labute approximate surface area is 178 Å². The fraction of sp³-hybridized carbons (Fsp3) is 0.588. The quantitative estimate of drug-likeness (QED) is 0.298. The lowest BCUT2D eigenvalue weighted by atomic mass is 10.2. The number of aromatic nitrogens is 2. The van der Waals surface area contributed by atoms with Crippen LogP contribution >= 0.6 is 11.8 Å². The van der Waals surface area contributed by atoms with Crippen molar-refractivity contribution in [2.45, 2.75) is 31.5 Å². The van der Waals surface area contributed by atoms with Crippen LogP contribution in [0.3, 0.4) is 0 Å². The molecule has 13 heteroatoms. The zero-order chi connectivity index (χ0) is 22.3. The molecule has 30 heavy (non-hydrogen) atoms. The smallest absolute Gasteiger partial charge is 0.343 e. The monoisotopic (exact) mass is 460 g/mol. The molecule has 1 aromatic rings. The number of likely N-dealkylation sites (N-methyl/N-ethyl adjacent to an activating group) is 1. The first-order valence-electron chi connectivity index (χ1n) is 9.24. The third-order valence-electron chi connectivity index (χ3n) is 4.28. The molecule has 0 unspecified atom stereocenters. The molecule has 0 radical (unpaired) electrons. The highest BCUT2D eigenvalue weighted by Crippen LogP contribution is 2.19. The number of thioether (sulfide) groups is 1. The number of amides is 1. The van der Waals surface area contributed by atoms with Gasteiger partial charge in [-0.3, -0.25) is 9.59 Å². The van der Waals surface area contributed by atoms with Crippen molar-refractivity contribution in [3.8, 4) is 0 Å². The van der Waals surface area contributed by atoms with Crippen molar-refractivity contribution in [1.29, 1.82) is 0 Å². The summed E-state index contributed by atoms with van der Waals surface area (Å²) in [5, 5.41) is 0.162. The number of esters is 2. The highest BCUT2D eigenvalue weighted by molar-refractivity contribution is 7.99. The van der Waals surface area contributed by atoms with Crippen LogP contribution in [-0.4, -0.2) is 84.2 Å². The summed E-state index contributed by atoms with van der Waals surface area (Å²) in [6.07, 6.45) is 1.60. The topological polar surface area (TPSA) is 159 Å². The maximum absolute atomic E-state index is 12.3. The average molecular weight is 461 g/mol. The molecule has 0 aliphatic carbocycles. The molecule has 1 aromatic heterocycles. The lowest BCUT2D eigenvalue weighted by molar-refractivity contribution is -0.150. The zero-order valence-corrected chi connectivity index (χ0v) is 18.3. The molecular weight excluding hydrogens is 436 g/mol. The molecule has 1 fully saturated rings. The number of carbonyl (C=O) groups excluding carboxylic acids is 3. The van der Waals surface area contributed by atoms with Gasteiger partial charge in [-0.2, -0.15) is 0 Å². The number of nitrogens with zero attached hydrogens (tertiary/aromatic N) is 3. The van der Waals surface area contributed by atoms with Gasteiger partial charge >= 0.3 is 11.9 Å². The van der Waals surface area contributed by atoms with Gasteiger partial charge in [-0.05, 0) is 20.3 Å². The van der Waals surface area contributed by atoms with Crippen LogP contribution < -0.4 is 5.73 Å². The number of anilines is 1. The standard InChI is InChI=1S/C17H24N4O7S2/c1-3-21(11-5-6-30(25,26)10-11)13(22)8-28-14(23)9-29-17-19-7-12(15(18)20-17)16(24)27-4-2/h7,11H,3-6,8-10H2,1-2H3,(H2,18,19,20)/t11-/m0/s1. The molecule has 0 aromatic carbocycles. The van der Waals surface area contributed by atoms with E-state index in [4.69, 9.17) is 15.2 Å². The first-order chi connectivity index (χ1) is 14.2. The zero-order valence-electron chi connectivity index (χ0n) is 16.7. The van der Waals surface area contributed by atoms with E-state index >= 15 is 0 Å². The molecule has 1 amide bonds. The molecule has 1 atom stereocenters. The van der Waals surface area contributed by atoms with E-state index in [2.05, 4.69) is 9.97 Å². The molecule has 0 spiro atoms. The third kappa shape index (κ3) is 6.55. The minimum absolute atomic E-state index is 0.0305. The third-order valence-corrected chi connectivity index (χ3v) is 6.86. The molecule has 2 rings (SSSR count). The van der Waals surface area contributed by atoms with Gasteiger partial charge in [0.2, 0.25) is 0 Å². The summed E-state index contributed by atoms with van der Waals surface area (Å²) in [5.41, 5.74) is 5.74. The van der Waals surface area contributed by atoms with E-state index in [1.165, 1.54) is 11.1 Å². The number of sulfone groups is 1. The lowest BCUT2D eigenvalue weighted by Gasteiger charge is -2.26. The van der Waals surface area contributed by atoms with Crippen LogP contribution in [0.4, 0.5) is 5.82 Å². The number of nitrogens with two attached hydrogens (primary N) is 1. The SMILES string of the molecule is CCOC(=O)c1cnc(SCC(=O)OCC(=O)N(CC)[C@H]2CCS(=O)(=O)C2)nc1N. The summed E-state index contributed by atoms with van der Waals surface area (Å²) in [6, 6.07) is -0.394. The first-order valence-corrected chi connectivity index (χ1v) is 12.1. The Morgan fingerprint density at radius 2 is 2.03 bits per heavy atom. The van der Waals surface area contributed by atoms with Gasteiger partial charge in [0.15, 0.2) is 21.6 Å². The van der Waals surface area contributed by atoms with E-state index in [1.807, 2.05) is 0 Å². The van der Waals surface area contributed by atoms with E-state index in [-0.39, 0.29) is 40.4 Å². The Hall–Kier alpha value is -2.41. The molecule has 1 saturated heterocycles. The Kier molecular flexibility index (Phi) is 8.41. The molecule has 2 heterocycles. The second kappa shape index (κ2) is 10.6. The Morgan fingerprint density at radius 3 is 2.60 bits per heavy atom. The molecule has 0 bridgehead atoms. The number of hydrogen-bond donors (Lipinski definition) is 1. The molecule has 2 N–H and O–H groups in total. The Bertz CT molecular complexity index is 907. The summed E-state index contributed by atoms with van der Waals surface area (Å²) < 4.78 is 33.0. The molecule has 11 nitrogen and oxygen atoms in total. The number of hydrogen-bond acceptors (Lipinski definition) is 11. The second-order valence-electron chi connectivity index (χ2n) is 6.36. The van der Waals surface area contributed by atoms with Crippen molar-refractivity contribution >= 4 is 45.3 Å². The van der Waals surface area contributed by atoms with Crippen LogP contribution in [-0.2, 0) is 28.9 Å². The van der Waals surface area contributed by atoms with Crippen molar-refractivity contribution < 1.29 is 32.3 Å². The van der Waals surface area contributed by atoms with Crippen LogP contribution in [0.1, 0.15) is 30.6 Å². The van der Waals surface area contributed by atoms with E-state index in [1.54, 1.807) is 13.8 Å². The van der Waals surface area contributed by atoms with Gasteiger partial charge in [0.05, 0.1) is 23.9 Å². The number of carbonyl (C=O) groups is 3. The molecule has 166 valence electrons. The van der Waals surface area contributed by atoms with E-state index in [0.29, 0.717) is 13.0 Å². The predicted molar refractivity (Wildman–Crippen MR) is 109 cm³/mol. The number of rotatable bonds is 9. The van der Waals surface area contributed by atoms with Gasteiger partial charge in [-0.25, -0.2) is 23.2 Å².